The Morgan fingerprint density at radius 1 is 1.21 bits per heavy atom. The topological polar surface area (TPSA) is 69.6 Å². The normalized spacial score (nSPS) is 10.3. The Hall–Kier alpha value is -1.33. The molecule has 0 aliphatic rings. The quantitative estimate of drug-likeness (QED) is 0.493. The van der Waals surface area contributed by atoms with Crippen LogP contribution in [0.2, 0.25) is 0 Å². The molecule has 0 aliphatic heterocycles. The summed E-state index contributed by atoms with van der Waals surface area (Å²) in [6, 6.07) is 6.59. The molecule has 104 valence electrons. The number of anilines is 1. The van der Waals surface area contributed by atoms with Gasteiger partial charge in [-0.3, -0.25) is 4.79 Å². The minimum atomic E-state index is -1.51. The van der Waals surface area contributed by atoms with E-state index >= 15 is 0 Å². The molecule has 1 amide bonds. The molecule has 0 spiro atoms. The zero-order valence-electron chi connectivity index (χ0n) is 11.4. The molecule has 0 aliphatic carbocycles. The molecule has 0 aromatic heterocycles. The Balaban J connectivity index is 2.33. The van der Waals surface area contributed by atoms with E-state index in [0.717, 1.165) is 12.8 Å². The lowest BCUT2D eigenvalue weighted by molar-refractivity contribution is -0.116. The average molecular weight is 263 g/mol. The summed E-state index contributed by atoms with van der Waals surface area (Å²) >= 11 is 0. The van der Waals surface area contributed by atoms with Gasteiger partial charge in [0.2, 0.25) is 5.91 Å². The van der Waals surface area contributed by atoms with E-state index in [-0.39, 0.29) is 5.91 Å². The third-order valence-corrected chi connectivity index (χ3v) is 2.98. The molecular formula is C14H22BNO3. The lowest BCUT2D eigenvalue weighted by Crippen LogP contribution is -2.30. The summed E-state index contributed by atoms with van der Waals surface area (Å²) in [5.41, 5.74) is 0.977. The zero-order valence-corrected chi connectivity index (χ0v) is 11.4. The first-order valence-electron chi connectivity index (χ1n) is 6.89. The highest BCUT2D eigenvalue weighted by Crippen LogP contribution is 2.08. The maximum atomic E-state index is 11.7. The van der Waals surface area contributed by atoms with Crippen molar-refractivity contribution in [3.63, 3.8) is 0 Å². The lowest BCUT2D eigenvalue weighted by Gasteiger charge is -2.07. The minimum absolute atomic E-state index is 0.0268. The predicted octanol–water partition coefficient (Wildman–Crippen LogP) is 1.67. The van der Waals surface area contributed by atoms with Gasteiger partial charge in [0.25, 0.3) is 0 Å². The van der Waals surface area contributed by atoms with E-state index < -0.39 is 7.12 Å². The molecule has 0 heterocycles. The molecule has 0 fully saturated rings. The van der Waals surface area contributed by atoms with Crippen LogP contribution in [0.25, 0.3) is 0 Å². The van der Waals surface area contributed by atoms with E-state index in [2.05, 4.69) is 12.2 Å². The lowest BCUT2D eigenvalue weighted by atomic mass is 9.80. The van der Waals surface area contributed by atoms with Crippen LogP contribution in [0, 0.1) is 0 Å². The Labute approximate surface area is 115 Å². The first kappa shape index (κ1) is 15.7. The number of nitrogens with one attached hydrogen (secondary N) is 1. The summed E-state index contributed by atoms with van der Waals surface area (Å²) in [5, 5.41) is 20.9. The van der Waals surface area contributed by atoms with Crippen LogP contribution < -0.4 is 10.8 Å². The number of unbranched alkanes of at least 4 members (excludes halogenated alkanes) is 4. The number of amides is 1. The number of benzene rings is 1. The second kappa shape index (κ2) is 8.72. The largest absolute Gasteiger partial charge is 0.488 e. The highest BCUT2D eigenvalue weighted by atomic mass is 16.4. The van der Waals surface area contributed by atoms with Crippen LogP contribution in [0.15, 0.2) is 24.3 Å². The number of carbonyl (C=O) groups excluding carboxylic acids is 1. The fourth-order valence-electron chi connectivity index (χ4n) is 1.89. The predicted molar refractivity (Wildman–Crippen MR) is 78.3 cm³/mol. The van der Waals surface area contributed by atoms with Crippen LogP contribution in [0.5, 0.6) is 0 Å². The van der Waals surface area contributed by atoms with Crippen LogP contribution in [0.4, 0.5) is 5.69 Å². The first-order chi connectivity index (χ1) is 9.13. The first-order valence-corrected chi connectivity index (χ1v) is 6.89. The minimum Gasteiger partial charge on any atom is -0.423 e. The van der Waals surface area contributed by atoms with Gasteiger partial charge in [-0.15, -0.1) is 0 Å². The highest BCUT2D eigenvalue weighted by Gasteiger charge is 2.11. The van der Waals surface area contributed by atoms with Gasteiger partial charge in [-0.1, -0.05) is 44.7 Å². The second-order valence-electron chi connectivity index (χ2n) is 4.71. The summed E-state index contributed by atoms with van der Waals surface area (Å²) in [6.07, 6.45) is 6.08. The van der Waals surface area contributed by atoms with E-state index in [1.165, 1.54) is 19.3 Å². The monoisotopic (exact) mass is 263 g/mol. The van der Waals surface area contributed by atoms with E-state index in [4.69, 9.17) is 10.0 Å². The Morgan fingerprint density at radius 3 is 2.63 bits per heavy atom. The molecule has 5 heteroatoms. The fraction of sp³-hybridized carbons (Fsp3) is 0.500. The van der Waals surface area contributed by atoms with Gasteiger partial charge < -0.3 is 15.4 Å². The van der Waals surface area contributed by atoms with Crippen molar-refractivity contribution in [3.05, 3.63) is 24.3 Å². The van der Waals surface area contributed by atoms with E-state index in [1.54, 1.807) is 24.3 Å². The zero-order chi connectivity index (χ0) is 14.1. The van der Waals surface area contributed by atoms with Gasteiger partial charge in [-0.2, -0.15) is 0 Å². The van der Waals surface area contributed by atoms with Crippen molar-refractivity contribution in [3.8, 4) is 0 Å². The highest BCUT2D eigenvalue weighted by molar-refractivity contribution is 6.58. The molecule has 1 rings (SSSR count). The van der Waals surface area contributed by atoms with E-state index in [0.29, 0.717) is 17.6 Å². The molecule has 0 saturated heterocycles. The van der Waals surface area contributed by atoms with Gasteiger partial charge in [0.05, 0.1) is 0 Å². The van der Waals surface area contributed by atoms with E-state index in [1.807, 2.05) is 0 Å². The van der Waals surface area contributed by atoms with Crippen LogP contribution in [0.3, 0.4) is 0 Å². The summed E-state index contributed by atoms with van der Waals surface area (Å²) in [4.78, 5) is 11.7. The van der Waals surface area contributed by atoms with Gasteiger partial charge in [-0.25, -0.2) is 0 Å². The number of hydrogen-bond donors (Lipinski definition) is 3. The van der Waals surface area contributed by atoms with Crippen LogP contribution >= 0.6 is 0 Å². The smallest absolute Gasteiger partial charge is 0.423 e. The molecule has 0 unspecified atom stereocenters. The maximum Gasteiger partial charge on any atom is 0.488 e. The van der Waals surface area contributed by atoms with Crippen molar-refractivity contribution in [2.24, 2.45) is 0 Å². The number of hydrogen-bond acceptors (Lipinski definition) is 3. The maximum absolute atomic E-state index is 11.7. The van der Waals surface area contributed by atoms with Crippen molar-refractivity contribution in [1.29, 1.82) is 0 Å². The van der Waals surface area contributed by atoms with Crippen molar-refractivity contribution in [2.45, 2.75) is 45.4 Å². The average Bonchev–Trinajstić information content (AvgIpc) is 2.38. The van der Waals surface area contributed by atoms with Gasteiger partial charge in [0, 0.05) is 12.1 Å². The number of rotatable bonds is 8. The third-order valence-electron chi connectivity index (χ3n) is 2.98. The van der Waals surface area contributed by atoms with Crippen molar-refractivity contribution in [1.82, 2.24) is 0 Å². The Bertz CT molecular complexity index is 396. The van der Waals surface area contributed by atoms with Gasteiger partial charge in [-0.05, 0) is 24.0 Å². The van der Waals surface area contributed by atoms with Crippen LogP contribution in [0.1, 0.15) is 45.4 Å². The molecule has 0 atom stereocenters. The molecule has 1 aromatic carbocycles. The van der Waals surface area contributed by atoms with Crippen LogP contribution in [-0.2, 0) is 4.79 Å². The molecule has 0 saturated carbocycles. The molecule has 3 N–H and O–H groups in total. The second-order valence-corrected chi connectivity index (χ2v) is 4.71. The molecule has 1 aromatic rings. The number of carbonyl (C=O) groups is 1. The van der Waals surface area contributed by atoms with E-state index in [9.17, 15) is 4.79 Å². The SMILES string of the molecule is CCCCCCCC(=O)Nc1cccc(B(O)O)c1. The van der Waals surface area contributed by atoms with Gasteiger partial charge >= 0.3 is 7.12 Å². The van der Waals surface area contributed by atoms with Crippen LogP contribution in [-0.4, -0.2) is 23.1 Å². The fourth-order valence-corrected chi connectivity index (χ4v) is 1.89. The van der Waals surface area contributed by atoms with Gasteiger partial charge in [0.1, 0.15) is 0 Å². The molecule has 19 heavy (non-hydrogen) atoms. The molecule has 0 radical (unpaired) electrons. The van der Waals surface area contributed by atoms with Gasteiger partial charge in [0.15, 0.2) is 0 Å². The molecule has 4 nitrogen and oxygen atoms in total. The summed E-state index contributed by atoms with van der Waals surface area (Å²) in [5.74, 6) is -0.0268. The summed E-state index contributed by atoms with van der Waals surface area (Å²) in [7, 11) is -1.51. The van der Waals surface area contributed by atoms with Crippen molar-refractivity contribution >= 4 is 24.2 Å². The standard InChI is InChI=1S/C14H22BNO3/c1-2-3-4-5-6-10-14(17)16-13-9-7-8-12(11-13)15(18)19/h7-9,11,18-19H,2-6,10H2,1H3,(H,16,17). The Morgan fingerprint density at radius 2 is 1.95 bits per heavy atom. The third kappa shape index (κ3) is 6.41. The van der Waals surface area contributed by atoms with Crippen molar-refractivity contribution < 1.29 is 14.8 Å². The summed E-state index contributed by atoms with van der Waals surface area (Å²) < 4.78 is 0. The Kier molecular flexibility index (Phi) is 7.22. The molecule has 0 bridgehead atoms. The molecular weight excluding hydrogens is 241 g/mol. The summed E-state index contributed by atoms with van der Waals surface area (Å²) in [6.45, 7) is 2.16. The van der Waals surface area contributed by atoms with Crippen molar-refractivity contribution in [2.75, 3.05) is 5.32 Å².